The number of aryl methyl sites for hydroxylation is 2. The van der Waals surface area contributed by atoms with Crippen molar-refractivity contribution in [2.45, 2.75) is 37.6 Å². The van der Waals surface area contributed by atoms with Gasteiger partial charge >= 0.3 is 0 Å². The van der Waals surface area contributed by atoms with Crippen LogP contribution in [-0.4, -0.2) is 19.3 Å². The Morgan fingerprint density at radius 3 is 2.39 bits per heavy atom. The normalized spacial score (nSPS) is 19.2. The lowest BCUT2D eigenvalue weighted by atomic mass is 10.1. The number of nitrogens with zero attached hydrogens (tertiary/aromatic N) is 1. The van der Waals surface area contributed by atoms with Crippen LogP contribution in [-0.2, 0) is 10.0 Å². The number of sulfonamides is 1. The fourth-order valence-electron chi connectivity index (χ4n) is 3.06. The maximum Gasteiger partial charge on any atom is 0.243 e. The first kappa shape index (κ1) is 16.1. The van der Waals surface area contributed by atoms with Gasteiger partial charge < -0.3 is 0 Å². The van der Waals surface area contributed by atoms with Gasteiger partial charge in [0.2, 0.25) is 10.0 Å². The Hall–Kier alpha value is -1.72. The lowest BCUT2D eigenvalue weighted by molar-refractivity contribution is 0.396. The van der Waals surface area contributed by atoms with E-state index in [9.17, 15) is 12.8 Å². The molecule has 5 heteroatoms. The number of halogens is 1. The molecule has 3 nitrogen and oxygen atoms in total. The van der Waals surface area contributed by atoms with E-state index in [4.69, 9.17) is 0 Å². The van der Waals surface area contributed by atoms with Gasteiger partial charge in [-0.05, 0) is 67.6 Å². The third-order valence-electron chi connectivity index (χ3n) is 4.54. The predicted octanol–water partition coefficient (Wildman–Crippen LogP) is 3.97. The van der Waals surface area contributed by atoms with Crippen LogP contribution in [0, 0.1) is 19.7 Å². The average Bonchev–Trinajstić information content (AvgIpc) is 3.01. The molecule has 3 rings (SSSR count). The molecular weight excluding hydrogens is 313 g/mol. The Labute approximate surface area is 136 Å². The second kappa shape index (κ2) is 6.06. The summed E-state index contributed by atoms with van der Waals surface area (Å²) in [6, 6.07) is 11.1. The fraction of sp³-hybridized carbons (Fsp3) is 0.333. The zero-order valence-electron chi connectivity index (χ0n) is 13.3. The average molecular weight is 333 g/mol. The summed E-state index contributed by atoms with van der Waals surface area (Å²) in [5.74, 6) is -0.310. The van der Waals surface area contributed by atoms with Crippen LogP contribution in [0.5, 0.6) is 0 Å². The molecule has 1 aliphatic rings. The van der Waals surface area contributed by atoms with Crippen LogP contribution in [0.4, 0.5) is 4.39 Å². The molecule has 0 radical (unpaired) electrons. The van der Waals surface area contributed by atoms with E-state index in [1.807, 2.05) is 19.9 Å². The van der Waals surface area contributed by atoms with Gasteiger partial charge in [0, 0.05) is 6.54 Å². The first-order valence-electron chi connectivity index (χ1n) is 7.74. The summed E-state index contributed by atoms with van der Waals surface area (Å²) in [6.07, 6.45) is 1.57. The van der Waals surface area contributed by atoms with Crippen LogP contribution in [0.2, 0.25) is 0 Å². The Bertz CT molecular complexity index is 815. The topological polar surface area (TPSA) is 37.4 Å². The highest BCUT2D eigenvalue weighted by Crippen LogP contribution is 2.36. The van der Waals surface area contributed by atoms with Gasteiger partial charge in [0.1, 0.15) is 5.82 Å². The Balaban J connectivity index is 1.97. The Kier molecular flexibility index (Phi) is 4.25. The standard InChI is InChI=1S/C18H20FNO2S/c1-13-5-10-17(12-14(13)2)23(21,22)20-11-3-4-18(20)15-6-8-16(19)9-7-15/h5-10,12,18H,3-4,11H2,1-2H3/t18-/m1/s1. The van der Waals surface area contributed by atoms with Crippen LogP contribution >= 0.6 is 0 Å². The molecule has 0 aliphatic carbocycles. The monoisotopic (exact) mass is 333 g/mol. The van der Waals surface area contributed by atoms with Gasteiger partial charge in [-0.25, -0.2) is 12.8 Å². The van der Waals surface area contributed by atoms with Gasteiger partial charge in [-0.1, -0.05) is 18.2 Å². The first-order chi connectivity index (χ1) is 10.9. The zero-order valence-corrected chi connectivity index (χ0v) is 14.1. The van der Waals surface area contributed by atoms with Gasteiger partial charge in [0.05, 0.1) is 10.9 Å². The summed E-state index contributed by atoms with van der Waals surface area (Å²) in [6.45, 7) is 4.37. The van der Waals surface area contributed by atoms with Crippen LogP contribution in [0.3, 0.4) is 0 Å². The van der Waals surface area contributed by atoms with Crippen LogP contribution < -0.4 is 0 Å². The third kappa shape index (κ3) is 3.03. The molecule has 1 saturated heterocycles. The maximum absolute atomic E-state index is 13.1. The minimum atomic E-state index is -3.55. The minimum Gasteiger partial charge on any atom is -0.207 e. The van der Waals surface area contributed by atoms with Gasteiger partial charge in [-0.2, -0.15) is 4.31 Å². The highest BCUT2D eigenvalue weighted by atomic mass is 32.2. The molecule has 0 N–H and O–H groups in total. The van der Waals surface area contributed by atoms with Crippen molar-refractivity contribution >= 4 is 10.0 Å². The molecule has 122 valence electrons. The molecule has 1 atom stereocenters. The van der Waals surface area contributed by atoms with Crippen molar-refractivity contribution in [1.29, 1.82) is 0 Å². The summed E-state index contributed by atoms with van der Waals surface area (Å²) in [5.41, 5.74) is 2.88. The van der Waals surface area contributed by atoms with Gasteiger partial charge in [-0.15, -0.1) is 0 Å². The molecule has 0 unspecified atom stereocenters. The van der Waals surface area contributed by atoms with Crippen molar-refractivity contribution in [3.05, 3.63) is 65.0 Å². The highest BCUT2D eigenvalue weighted by Gasteiger charge is 2.36. The number of hydrogen-bond acceptors (Lipinski definition) is 2. The molecule has 1 fully saturated rings. The largest absolute Gasteiger partial charge is 0.243 e. The molecule has 0 spiro atoms. The maximum atomic E-state index is 13.1. The van der Waals surface area contributed by atoms with E-state index in [1.165, 1.54) is 12.1 Å². The van der Waals surface area contributed by atoms with Crippen LogP contribution in [0.15, 0.2) is 47.4 Å². The third-order valence-corrected chi connectivity index (χ3v) is 6.45. The molecule has 0 aromatic heterocycles. The highest BCUT2D eigenvalue weighted by molar-refractivity contribution is 7.89. The second-order valence-electron chi connectivity index (χ2n) is 6.07. The SMILES string of the molecule is Cc1ccc(S(=O)(=O)N2CCC[C@@H]2c2ccc(F)cc2)cc1C. The van der Waals surface area contributed by atoms with Gasteiger partial charge in [0.15, 0.2) is 0 Å². The minimum absolute atomic E-state index is 0.220. The molecule has 0 saturated carbocycles. The van der Waals surface area contributed by atoms with E-state index < -0.39 is 10.0 Å². The Morgan fingerprint density at radius 1 is 1.04 bits per heavy atom. The van der Waals surface area contributed by atoms with Crippen molar-refractivity contribution in [2.75, 3.05) is 6.54 Å². The van der Waals surface area contributed by atoms with Crippen molar-refractivity contribution in [2.24, 2.45) is 0 Å². The second-order valence-corrected chi connectivity index (χ2v) is 7.96. The quantitative estimate of drug-likeness (QED) is 0.852. The lowest BCUT2D eigenvalue weighted by Gasteiger charge is -2.24. The van der Waals surface area contributed by atoms with E-state index >= 15 is 0 Å². The molecule has 2 aromatic rings. The summed E-state index contributed by atoms with van der Waals surface area (Å²) in [4.78, 5) is 0.328. The van der Waals surface area contributed by atoms with Crippen molar-refractivity contribution in [1.82, 2.24) is 4.31 Å². The summed E-state index contributed by atoms with van der Waals surface area (Å²) in [5, 5.41) is 0. The van der Waals surface area contributed by atoms with E-state index in [1.54, 1.807) is 28.6 Å². The molecule has 2 aromatic carbocycles. The molecular formula is C18H20FNO2S. The smallest absolute Gasteiger partial charge is 0.207 e. The molecule has 0 bridgehead atoms. The fourth-order valence-corrected chi connectivity index (χ4v) is 4.82. The van der Waals surface area contributed by atoms with Crippen LogP contribution in [0.1, 0.15) is 35.6 Å². The van der Waals surface area contributed by atoms with Crippen molar-refractivity contribution in [3.63, 3.8) is 0 Å². The van der Waals surface area contributed by atoms with E-state index in [0.29, 0.717) is 11.4 Å². The molecule has 1 heterocycles. The summed E-state index contributed by atoms with van der Waals surface area (Å²) < 4.78 is 40.7. The summed E-state index contributed by atoms with van der Waals surface area (Å²) in [7, 11) is -3.55. The van der Waals surface area contributed by atoms with E-state index in [2.05, 4.69) is 0 Å². The van der Waals surface area contributed by atoms with E-state index in [0.717, 1.165) is 29.5 Å². The number of rotatable bonds is 3. The van der Waals surface area contributed by atoms with Gasteiger partial charge in [0.25, 0.3) is 0 Å². The summed E-state index contributed by atoms with van der Waals surface area (Å²) >= 11 is 0. The first-order valence-corrected chi connectivity index (χ1v) is 9.18. The Morgan fingerprint density at radius 2 is 1.74 bits per heavy atom. The van der Waals surface area contributed by atoms with Gasteiger partial charge in [-0.3, -0.25) is 0 Å². The lowest BCUT2D eigenvalue weighted by Crippen LogP contribution is -2.30. The van der Waals surface area contributed by atoms with E-state index in [-0.39, 0.29) is 11.9 Å². The predicted molar refractivity (Wildman–Crippen MR) is 88.2 cm³/mol. The van der Waals surface area contributed by atoms with Crippen LogP contribution in [0.25, 0.3) is 0 Å². The van der Waals surface area contributed by atoms with Crippen molar-refractivity contribution < 1.29 is 12.8 Å². The number of hydrogen-bond donors (Lipinski definition) is 0. The zero-order chi connectivity index (χ0) is 16.6. The van der Waals surface area contributed by atoms with Crippen molar-refractivity contribution in [3.8, 4) is 0 Å². The molecule has 23 heavy (non-hydrogen) atoms. The molecule has 0 amide bonds. The number of benzene rings is 2. The molecule has 1 aliphatic heterocycles.